The smallest absolute Gasteiger partial charge is 0.229 e. The normalized spacial score (nSPS) is 11.9. The van der Waals surface area contributed by atoms with E-state index in [9.17, 15) is 13.2 Å². The molecule has 0 unspecified atom stereocenters. The van der Waals surface area contributed by atoms with Crippen LogP contribution in [0.1, 0.15) is 12.0 Å². The second-order valence-corrected chi connectivity index (χ2v) is 11.9. The van der Waals surface area contributed by atoms with E-state index >= 15 is 0 Å². The van der Waals surface area contributed by atoms with E-state index < -0.39 is 9.84 Å². The van der Waals surface area contributed by atoms with Crippen molar-refractivity contribution < 1.29 is 13.2 Å². The van der Waals surface area contributed by atoms with Gasteiger partial charge in [-0.2, -0.15) is 0 Å². The van der Waals surface area contributed by atoms with Crippen LogP contribution in [-0.2, 0) is 14.6 Å². The molecule has 3 rings (SSSR count). The number of amides is 1. The van der Waals surface area contributed by atoms with Crippen LogP contribution in [0.15, 0.2) is 52.3 Å². The Labute approximate surface area is 192 Å². The van der Waals surface area contributed by atoms with Crippen LogP contribution in [0.2, 0.25) is 0 Å². The molecule has 6 nitrogen and oxygen atoms in total. The number of hydrogen-bond acceptors (Lipinski definition) is 7. The van der Waals surface area contributed by atoms with Crippen molar-refractivity contribution in [3.8, 4) is 0 Å². The van der Waals surface area contributed by atoms with Gasteiger partial charge in [0.1, 0.15) is 0 Å². The van der Waals surface area contributed by atoms with Gasteiger partial charge in [-0.05, 0) is 51.4 Å². The third-order valence-corrected chi connectivity index (χ3v) is 7.85. The quantitative estimate of drug-likeness (QED) is 0.433. The zero-order valence-electron chi connectivity index (χ0n) is 18.2. The van der Waals surface area contributed by atoms with Crippen LogP contribution in [0.5, 0.6) is 0 Å². The highest BCUT2D eigenvalue weighted by Crippen LogP contribution is 2.31. The standard InChI is InChI=1S/C22H27N3O3S3/c1-16-5-7-17(8-6-16)29-14-11-21(26)25(13-12-24(2)3)22-23-19-10-9-18(31(4,27)28)15-20(19)30-22/h5-10,15H,11-14H2,1-4H3. The lowest BCUT2D eigenvalue weighted by Gasteiger charge is -2.22. The van der Waals surface area contributed by atoms with Crippen molar-refractivity contribution in [1.29, 1.82) is 0 Å². The SMILES string of the molecule is Cc1ccc(SCCC(=O)N(CCN(C)C)c2nc3ccc(S(C)(=O)=O)cc3s2)cc1. The Kier molecular flexibility index (Phi) is 7.74. The van der Waals surface area contributed by atoms with E-state index in [1.807, 2.05) is 19.0 Å². The molecule has 166 valence electrons. The van der Waals surface area contributed by atoms with E-state index in [2.05, 4.69) is 36.2 Å². The molecule has 0 saturated carbocycles. The first-order chi connectivity index (χ1) is 14.6. The number of likely N-dealkylation sites (N-methyl/N-ethyl adjacent to an activating group) is 1. The van der Waals surface area contributed by atoms with Gasteiger partial charge < -0.3 is 4.90 Å². The first-order valence-corrected chi connectivity index (χ1v) is 13.6. The fraction of sp³-hybridized carbons (Fsp3) is 0.364. The summed E-state index contributed by atoms with van der Waals surface area (Å²) >= 11 is 3.01. The molecule has 0 fully saturated rings. The molecule has 3 aromatic rings. The van der Waals surface area contributed by atoms with Gasteiger partial charge in [0.15, 0.2) is 15.0 Å². The number of benzene rings is 2. The fourth-order valence-corrected chi connectivity index (χ4v) is 5.50. The van der Waals surface area contributed by atoms with Crippen molar-refractivity contribution in [2.24, 2.45) is 0 Å². The molecular weight excluding hydrogens is 450 g/mol. The highest BCUT2D eigenvalue weighted by molar-refractivity contribution is 7.99. The number of carbonyl (C=O) groups is 1. The minimum atomic E-state index is -3.30. The van der Waals surface area contributed by atoms with Gasteiger partial charge in [0.2, 0.25) is 5.91 Å². The summed E-state index contributed by atoms with van der Waals surface area (Å²) in [4.78, 5) is 22.8. The fourth-order valence-electron chi connectivity index (χ4n) is 2.89. The molecule has 1 amide bonds. The summed E-state index contributed by atoms with van der Waals surface area (Å²) < 4.78 is 24.5. The first kappa shape index (κ1) is 23.7. The number of sulfone groups is 1. The number of nitrogens with zero attached hydrogens (tertiary/aromatic N) is 3. The lowest BCUT2D eigenvalue weighted by atomic mass is 10.2. The van der Waals surface area contributed by atoms with Crippen LogP contribution in [-0.4, -0.2) is 63.4 Å². The van der Waals surface area contributed by atoms with Crippen LogP contribution in [0, 0.1) is 6.92 Å². The molecule has 2 aromatic carbocycles. The Morgan fingerprint density at radius 1 is 1.10 bits per heavy atom. The summed E-state index contributed by atoms with van der Waals surface area (Å²) in [5.74, 6) is 0.701. The van der Waals surface area contributed by atoms with Crippen molar-refractivity contribution in [3.05, 3.63) is 48.0 Å². The number of carbonyl (C=O) groups excluding carboxylic acids is 1. The van der Waals surface area contributed by atoms with Crippen LogP contribution in [0.25, 0.3) is 10.2 Å². The van der Waals surface area contributed by atoms with Crippen molar-refractivity contribution in [2.75, 3.05) is 44.1 Å². The molecule has 0 aliphatic carbocycles. The maximum absolute atomic E-state index is 13.1. The zero-order valence-corrected chi connectivity index (χ0v) is 20.6. The van der Waals surface area contributed by atoms with Gasteiger partial charge in [0.25, 0.3) is 0 Å². The minimum absolute atomic E-state index is 0.0175. The van der Waals surface area contributed by atoms with Gasteiger partial charge in [-0.1, -0.05) is 29.0 Å². The minimum Gasteiger partial charge on any atom is -0.308 e. The van der Waals surface area contributed by atoms with Crippen LogP contribution in [0.3, 0.4) is 0 Å². The number of aryl methyl sites for hydroxylation is 1. The second-order valence-electron chi connectivity index (χ2n) is 7.66. The van der Waals surface area contributed by atoms with Gasteiger partial charge in [-0.15, -0.1) is 11.8 Å². The van der Waals surface area contributed by atoms with E-state index in [0.717, 1.165) is 9.60 Å². The van der Waals surface area contributed by atoms with E-state index in [1.54, 1.807) is 34.9 Å². The van der Waals surface area contributed by atoms with E-state index in [4.69, 9.17) is 0 Å². The van der Waals surface area contributed by atoms with E-state index in [-0.39, 0.29) is 10.8 Å². The molecular formula is C22H27N3O3S3. The van der Waals surface area contributed by atoms with Crippen molar-refractivity contribution in [1.82, 2.24) is 9.88 Å². The number of hydrogen-bond donors (Lipinski definition) is 0. The topological polar surface area (TPSA) is 70.6 Å². The van der Waals surface area contributed by atoms with Crippen molar-refractivity contribution in [3.63, 3.8) is 0 Å². The number of thiazole rings is 1. The average molecular weight is 478 g/mol. The molecule has 0 aliphatic rings. The maximum Gasteiger partial charge on any atom is 0.229 e. The van der Waals surface area contributed by atoms with Gasteiger partial charge >= 0.3 is 0 Å². The van der Waals surface area contributed by atoms with Gasteiger partial charge in [0, 0.05) is 36.4 Å². The van der Waals surface area contributed by atoms with E-state index in [0.29, 0.717) is 35.9 Å². The lowest BCUT2D eigenvalue weighted by Crippen LogP contribution is -2.36. The zero-order chi connectivity index (χ0) is 22.6. The van der Waals surface area contributed by atoms with Crippen LogP contribution in [0.4, 0.5) is 5.13 Å². The predicted octanol–water partition coefficient (Wildman–Crippen LogP) is 4.09. The van der Waals surface area contributed by atoms with Gasteiger partial charge in [-0.3, -0.25) is 9.69 Å². The highest BCUT2D eigenvalue weighted by Gasteiger charge is 2.20. The highest BCUT2D eigenvalue weighted by atomic mass is 32.2. The van der Waals surface area contributed by atoms with Crippen molar-refractivity contribution in [2.45, 2.75) is 23.1 Å². The van der Waals surface area contributed by atoms with Gasteiger partial charge in [-0.25, -0.2) is 13.4 Å². The Morgan fingerprint density at radius 2 is 1.81 bits per heavy atom. The first-order valence-electron chi connectivity index (χ1n) is 9.89. The molecule has 0 bridgehead atoms. The third kappa shape index (κ3) is 6.52. The molecule has 0 aliphatic heterocycles. The molecule has 0 atom stereocenters. The third-order valence-electron chi connectivity index (χ3n) is 4.69. The molecule has 1 aromatic heterocycles. The Bertz CT molecular complexity index is 1160. The summed E-state index contributed by atoms with van der Waals surface area (Å²) in [7, 11) is 0.635. The Hall–Kier alpha value is -1.94. The maximum atomic E-state index is 13.1. The van der Waals surface area contributed by atoms with Crippen LogP contribution >= 0.6 is 23.1 Å². The lowest BCUT2D eigenvalue weighted by molar-refractivity contribution is -0.118. The molecule has 1 heterocycles. The Morgan fingerprint density at radius 3 is 2.45 bits per heavy atom. The summed E-state index contributed by atoms with van der Waals surface area (Å²) in [6.45, 7) is 3.29. The predicted molar refractivity (Wildman–Crippen MR) is 130 cm³/mol. The summed E-state index contributed by atoms with van der Waals surface area (Å²) in [6.07, 6.45) is 1.59. The summed E-state index contributed by atoms with van der Waals surface area (Å²) in [6, 6.07) is 13.2. The Balaban J connectivity index is 1.77. The van der Waals surface area contributed by atoms with Crippen molar-refractivity contribution >= 4 is 54.2 Å². The molecule has 9 heteroatoms. The van der Waals surface area contributed by atoms with Crippen LogP contribution < -0.4 is 4.90 Å². The number of thioether (sulfide) groups is 1. The molecule has 31 heavy (non-hydrogen) atoms. The van der Waals surface area contributed by atoms with E-state index in [1.165, 1.54) is 23.2 Å². The average Bonchev–Trinajstić information content (AvgIpc) is 3.11. The summed E-state index contributed by atoms with van der Waals surface area (Å²) in [5.41, 5.74) is 1.91. The number of rotatable bonds is 9. The largest absolute Gasteiger partial charge is 0.308 e. The molecule has 0 spiro atoms. The number of aromatic nitrogens is 1. The summed E-state index contributed by atoms with van der Waals surface area (Å²) in [5, 5.41) is 0.604. The monoisotopic (exact) mass is 477 g/mol. The number of anilines is 1. The molecule has 0 radical (unpaired) electrons. The molecule has 0 N–H and O–H groups in total. The number of fused-ring (bicyclic) bond motifs is 1. The van der Waals surface area contributed by atoms with Gasteiger partial charge in [0.05, 0.1) is 15.1 Å². The molecule has 0 saturated heterocycles. The second kappa shape index (κ2) is 10.1.